The number of hydrogen-bond donors (Lipinski definition) is 3. The zero-order valence-electron chi connectivity index (χ0n) is 16.6. The van der Waals surface area contributed by atoms with Crippen LogP contribution in [-0.2, 0) is 11.3 Å². The van der Waals surface area contributed by atoms with Crippen LogP contribution in [-0.4, -0.2) is 53.7 Å². The Bertz CT molecular complexity index is 863. The normalized spacial score (nSPS) is 11.0. The van der Waals surface area contributed by atoms with Gasteiger partial charge >= 0.3 is 5.97 Å². The summed E-state index contributed by atoms with van der Waals surface area (Å²) in [6.45, 7) is 6.55. The number of benzene rings is 1. The fourth-order valence-electron chi connectivity index (χ4n) is 2.99. The predicted octanol–water partition coefficient (Wildman–Crippen LogP) is 3.14. The lowest BCUT2D eigenvalue weighted by molar-refractivity contribution is 0.0525. The van der Waals surface area contributed by atoms with Gasteiger partial charge < -0.3 is 20.1 Å². The molecule has 1 heterocycles. The average Bonchev–Trinajstić information content (AvgIpc) is 2.93. The molecular weight excluding hydrogens is 382 g/mol. The number of carbonyl (C=O) groups is 2. The summed E-state index contributed by atoms with van der Waals surface area (Å²) in [4.78, 5) is 29.7. The summed E-state index contributed by atoms with van der Waals surface area (Å²) in [7, 11) is 1.87. The van der Waals surface area contributed by atoms with E-state index in [1.165, 1.54) is 0 Å². The molecule has 0 aliphatic rings. The molecule has 3 N–H and O–H groups in total. The number of carbonyl (C=O) groups excluding carboxylic acids is 2. The van der Waals surface area contributed by atoms with Crippen LogP contribution in [0, 0.1) is 13.8 Å². The summed E-state index contributed by atoms with van der Waals surface area (Å²) in [5, 5.41) is 12.5. The Morgan fingerprint density at radius 1 is 1.32 bits per heavy atom. The third kappa shape index (κ3) is 5.13. The molecule has 152 valence electrons. The molecule has 0 spiro atoms. The summed E-state index contributed by atoms with van der Waals surface area (Å²) in [5.41, 5.74) is 3.26. The first kappa shape index (κ1) is 21.9. The molecule has 1 aromatic carbocycles. The first-order valence-corrected chi connectivity index (χ1v) is 9.41. The Morgan fingerprint density at radius 3 is 2.68 bits per heavy atom. The Balaban J connectivity index is 2.21. The van der Waals surface area contributed by atoms with Crippen molar-refractivity contribution in [3.05, 3.63) is 51.3 Å². The van der Waals surface area contributed by atoms with E-state index in [9.17, 15) is 9.59 Å². The molecule has 7 nitrogen and oxygen atoms in total. The number of rotatable bonds is 8. The van der Waals surface area contributed by atoms with Gasteiger partial charge in [0.1, 0.15) is 5.69 Å². The van der Waals surface area contributed by atoms with Gasteiger partial charge in [0.25, 0.3) is 5.91 Å². The van der Waals surface area contributed by atoms with Gasteiger partial charge in [-0.2, -0.15) is 0 Å². The number of anilines is 1. The number of aliphatic hydroxyl groups is 1. The van der Waals surface area contributed by atoms with Gasteiger partial charge in [0.2, 0.25) is 0 Å². The van der Waals surface area contributed by atoms with Crippen molar-refractivity contribution in [2.45, 2.75) is 27.3 Å². The second-order valence-electron chi connectivity index (χ2n) is 6.57. The smallest absolute Gasteiger partial charge is 0.340 e. The number of aromatic nitrogens is 1. The molecule has 0 saturated heterocycles. The van der Waals surface area contributed by atoms with Crippen LogP contribution in [0.25, 0.3) is 0 Å². The van der Waals surface area contributed by atoms with Crippen molar-refractivity contribution >= 4 is 29.2 Å². The number of aliphatic hydroxyl groups excluding tert-OH is 1. The van der Waals surface area contributed by atoms with Crippen LogP contribution in [0.2, 0.25) is 5.02 Å². The number of hydrogen-bond acceptors (Lipinski definition) is 5. The molecule has 2 rings (SSSR count). The molecule has 0 atom stereocenters. The number of aromatic amines is 1. The van der Waals surface area contributed by atoms with E-state index in [2.05, 4.69) is 10.3 Å². The highest BCUT2D eigenvalue weighted by Gasteiger charge is 2.23. The minimum atomic E-state index is -0.450. The standard InChI is InChI=1S/C20H26ClN3O4/c1-5-28-20(27)17-12(2)18(22-13(17)3)19(26)23-15-6-7-16(21)14(10-15)11-24(4)8-9-25/h6-7,10,22,25H,5,8-9,11H2,1-4H3,(H,23,26). The fraction of sp³-hybridized carbons (Fsp3) is 0.400. The van der Waals surface area contributed by atoms with E-state index in [0.29, 0.717) is 46.3 Å². The van der Waals surface area contributed by atoms with Gasteiger partial charge in [-0.25, -0.2) is 4.79 Å². The molecular formula is C20H26ClN3O4. The molecule has 28 heavy (non-hydrogen) atoms. The number of nitrogens with zero attached hydrogens (tertiary/aromatic N) is 1. The van der Waals surface area contributed by atoms with Crippen molar-refractivity contribution < 1.29 is 19.4 Å². The maximum atomic E-state index is 12.7. The minimum absolute atomic E-state index is 0.0544. The number of esters is 1. The lowest BCUT2D eigenvalue weighted by atomic mass is 10.1. The average molecular weight is 408 g/mol. The highest BCUT2D eigenvalue weighted by atomic mass is 35.5. The summed E-state index contributed by atoms with van der Waals surface area (Å²) in [6.07, 6.45) is 0. The van der Waals surface area contributed by atoms with Crippen LogP contribution in [0.5, 0.6) is 0 Å². The molecule has 0 unspecified atom stereocenters. The van der Waals surface area contributed by atoms with Crippen molar-refractivity contribution in [3.8, 4) is 0 Å². The molecule has 1 amide bonds. The highest BCUT2D eigenvalue weighted by molar-refractivity contribution is 6.31. The molecule has 1 aromatic heterocycles. The largest absolute Gasteiger partial charge is 0.462 e. The van der Waals surface area contributed by atoms with E-state index in [4.69, 9.17) is 21.4 Å². The van der Waals surface area contributed by atoms with E-state index in [-0.39, 0.29) is 19.1 Å². The minimum Gasteiger partial charge on any atom is -0.462 e. The van der Waals surface area contributed by atoms with Gasteiger partial charge in [-0.3, -0.25) is 9.69 Å². The maximum absolute atomic E-state index is 12.7. The topological polar surface area (TPSA) is 94.7 Å². The first-order valence-electron chi connectivity index (χ1n) is 9.03. The Kier molecular flexibility index (Phi) is 7.62. The van der Waals surface area contributed by atoms with E-state index in [1.807, 2.05) is 11.9 Å². The van der Waals surface area contributed by atoms with Gasteiger partial charge in [0.05, 0.1) is 18.8 Å². The van der Waals surface area contributed by atoms with Crippen molar-refractivity contribution in [3.63, 3.8) is 0 Å². The van der Waals surface area contributed by atoms with Crippen LogP contribution < -0.4 is 5.32 Å². The zero-order valence-corrected chi connectivity index (χ0v) is 17.3. The van der Waals surface area contributed by atoms with Gasteiger partial charge in [-0.05, 0) is 57.1 Å². The number of halogens is 1. The number of aryl methyl sites for hydroxylation is 1. The second-order valence-corrected chi connectivity index (χ2v) is 6.97. The molecule has 0 fully saturated rings. The molecule has 2 aromatic rings. The summed E-state index contributed by atoms with van der Waals surface area (Å²) < 4.78 is 5.06. The lowest BCUT2D eigenvalue weighted by Crippen LogP contribution is -2.22. The number of H-pyrrole nitrogens is 1. The molecule has 0 aliphatic heterocycles. The fourth-order valence-corrected chi connectivity index (χ4v) is 3.17. The molecule has 8 heteroatoms. The van der Waals surface area contributed by atoms with Gasteiger partial charge in [0.15, 0.2) is 0 Å². The summed E-state index contributed by atoms with van der Waals surface area (Å²) in [6, 6.07) is 5.23. The highest BCUT2D eigenvalue weighted by Crippen LogP contribution is 2.24. The number of likely N-dealkylation sites (N-methyl/N-ethyl adjacent to an activating group) is 1. The number of nitrogens with one attached hydrogen (secondary N) is 2. The predicted molar refractivity (Wildman–Crippen MR) is 109 cm³/mol. The van der Waals surface area contributed by atoms with Crippen molar-refractivity contribution in [1.29, 1.82) is 0 Å². The van der Waals surface area contributed by atoms with E-state index < -0.39 is 5.97 Å². The maximum Gasteiger partial charge on any atom is 0.340 e. The molecule has 0 radical (unpaired) electrons. The number of amides is 1. The van der Waals surface area contributed by atoms with E-state index >= 15 is 0 Å². The van der Waals surface area contributed by atoms with Crippen LogP contribution in [0.4, 0.5) is 5.69 Å². The van der Waals surface area contributed by atoms with Gasteiger partial charge in [0, 0.05) is 29.5 Å². The molecule has 0 saturated carbocycles. The van der Waals surface area contributed by atoms with Crippen molar-refractivity contribution in [1.82, 2.24) is 9.88 Å². The Labute approximate surface area is 169 Å². The lowest BCUT2D eigenvalue weighted by Gasteiger charge is -2.17. The van der Waals surface area contributed by atoms with Crippen LogP contribution in [0.3, 0.4) is 0 Å². The second kappa shape index (κ2) is 9.73. The van der Waals surface area contributed by atoms with Crippen LogP contribution >= 0.6 is 11.6 Å². The van der Waals surface area contributed by atoms with E-state index in [1.54, 1.807) is 39.0 Å². The van der Waals surface area contributed by atoms with Crippen molar-refractivity contribution in [2.75, 3.05) is 32.1 Å². The molecule has 0 aliphatic carbocycles. The monoisotopic (exact) mass is 407 g/mol. The molecule has 0 bridgehead atoms. The summed E-state index contributed by atoms with van der Waals surface area (Å²) >= 11 is 6.25. The third-order valence-corrected chi connectivity index (χ3v) is 4.74. The van der Waals surface area contributed by atoms with Crippen molar-refractivity contribution in [2.24, 2.45) is 0 Å². The van der Waals surface area contributed by atoms with Gasteiger partial charge in [-0.15, -0.1) is 0 Å². The van der Waals surface area contributed by atoms with Crippen LogP contribution in [0.1, 0.15) is 44.6 Å². The first-order chi connectivity index (χ1) is 13.3. The Morgan fingerprint density at radius 2 is 2.04 bits per heavy atom. The number of ether oxygens (including phenoxy) is 1. The van der Waals surface area contributed by atoms with Crippen LogP contribution in [0.15, 0.2) is 18.2 Å². The zero-order chi connectivity index (χ0) is 20.8. The SMILES string of the molecule is CCOC(=O)c1c(C)[nH]c(C(=O)Nc2ccc(Cl)c(CN(C)CCO)c2)c1C. The van der Waals surface area contributed by atoms with Gasteiger partial charge in [-0.1, -0.05) is 11.6 Å². The summed E-state index contributed by atoms with van der Waals surface area (Å²) in [5.74, 6) is -0.804. The Hall–Kier alpha value is -2.35. The quantitative estimate of drug-likeness (QED) is 0.584. The third-order valence-electron chi connectivity index (χ3n) is 4.37. The van der Waals surface area contributed by atoms with E-state index in [0.717, 1.165) is 5.56 Å².